The van der Waals surface area contributed by atoms with Gasteiger partial charge in [0.05, 0.1) is 16.2 Å². The molecule has 0 unspecified atom stereocenters. The second-order valence-corrected chi connectivity index (χ2v) is 7.01. The van der Waals surface area contributed by atoms with Gasteiger partial charge in [0.15, 0.2) is 0 Å². The molecular formula is C20H19ClN4O. The van der Waals surface area contributed by atoms with Gasteiger partial charge >= 0.3 is 0 Å². The Hall–Kier alpha value is -2.66. The average Bonchev–Trinajstić information content (AvgIpc) is 3.01. The van der Waals surface area contributed by atoms with E-state index in [4.69, 9.17) is 11.6 Å². The Labute approximate surface area is 157 Å². The lowest BCUT2D eigenvalue weighted by Crippen LogP contribution is -2.51. The van der Waals surface area contributed by atoms with Gasteiger partial charge in [0, 0.05) is 0 Å². The van der Waals surface area contributed by atoms with E-state index in [2.05, 4.69) is 27.5 Å². The van der Waals surface area contributed by atoms with Crippen molar-refractivity contribution in [3.63, 3.8) is 0 Å². The normalized spacial score (nSPS) is 15.3. The first-order valence-electron chi connectivity index (χ1n) is 8.66. The molecule has 2 aromatic carbocycles. The first-order chi connectivity index (χ1) is 12.6. The van der Waals surface area contributed by atoms with Crippen molar-refractivity contribution < 1.29 is 4.79 Å². The van der Waals surface area contributed by atoms with Gasteiger partial charge in [-0.1, -0.05) is 54.1 Å². The predicted octanol–water partition coefficient (Wildman–Crippen LogP) is 4.04. The molecule has 1 aromatic heterocycles. The standard InChI is InChI=1S/C20H19ClN4O/c1-14-22-18(24-25(14)17-11-6-5-10-16(17)21)19(26)23-20(12-7-13-20)15-8-3-2-4-9-15/h2-6,8-11H,7,12-13H2,1H3,(H,23,26). The van der Waals surface area contributed by atoms with E-state index in [9.17, 15) is 4.79 Å². The molecule has 1 aliphatic rings. The molecule has 0 bridgehead atoms. The molecule has 0 radical (unpaired) electrons. The number of para-hydroxylation sites is 1. The quantitative estimate of drug-likeness (QED) is 0.758. The molecule has 0 aliphatic heterocycles. The maximum Gasteiger partial charge on any atom is 0.291 e. The summed E-state index contributed by atoms with van der Waals surface area (Å²) in [7, 11) is 0. The van der Waals surface area contributed by atoms with Crippen LogP contribution in [-0.4, -0.2) is 20.7 Å². The number of carbonyl (C=O) groups excluding carboxylic acids is 1. The van der Waals surface area contributed by atoms with Gasteiger partial charge < -0.3 is 5.32 Å². The van der Waals surface area contributed by atoms with E-state index < -0.39 is 0 Å². The van der Waals surface area contributed by atoms with E-state index in [1.807, 2.05) is 43.3 Å². The summed E-state index contributed by atoms with van der Waals surface area (Å²) in [6.45, 7) is 1.81. The highest BCUT2D eigenvalue weighted by atomic mass is 35.5. The summed E-state index contributed by atoms with van der Waals surface area (Å²) in [6.07, 6.45) is 2.94. The molecule has 26 heavy (non-hydrogen) atoms. The van der Waals surface area contributed by atoms with Crippen LogP contribution in [-0.2, 0) is 5.54 Å². The number of halogens is 1. The van der Waals surface area contributed by atoms with E-state index in [0.717, 1.165) is 24.8 Å². The van der Waals surface area contributed by atoms with Crippen molar-refractivity contribution in [2.24, 2.45) is 0 Å². The van der Waals surface area contributed by atoms with Crippen molar-refractivity contribution in [3.8, 4) is 5.69 Å². The summed E-state index contributed by atoms with van der Waals surface area (Å²) in [6, 6.07) is 17.5. The number of hydrogen-bond donors (Lipinski definition) is 1. The van der Waals surface area contributed by atoms with Crippen molar-refractivity contribution in [2.45, 2.75) is 31.7 Å². The molecular weight excluding hydrogens is 348 g/mol. The van der Waals surface area contributed by atoms with Gasteiger partial charge in [0.25, 0.3) is 5.91 Å². The van der Waals surface area contributed by atoms with Crippen molar-refractivity contribution in [1.29, 1.82) is 0 Å². The lowest BCUT2D eigenvalue weighted by molar-refractivity contribution is 0.0812. The lowest BCUT2D eigenvalue weighted by atomic mass is 9.72. The monoisotopic (exact) mass is 366 g/mol. The first-order valence-corrected chi connectivity index (χ1v) is 9.03. The summed E-state index contributed by atoms with van der Waals surface area (Å²) in [5, 5.41) is 8.11. The van der Waals surface area contributed by atoms with Crippen LogP contribution in [0.15, 0.2) is 54.6 Å². The molecule has 1 heterocycles. The number of carbonyl (C=O) groups is 1. The fraction of sp³-hybridized carbons (Fsp3) is 0.250. The van der Waals surface area contributed by atoms with E-state index in [-0.39, 0.29) is 17.3 Å². The lowest BCUT2D eigenvalue weighted by Gasteiger charge is -2.42. The van der Waals surface area contributed by atoms with E-state index in [1.54, 1.807) is 10.7 Å². The van der Waals surface area contributed by atoms with Crippen LogP contribution in [0.3, 0.4) is 0 Å². The Morgan fingerprint density at radius 3 is 2.46 bits per heavy atom. The number of aryl methyl sites for hydroxylation is 1. The third-order valence-electron chi connectivity index (χ3n) is 4.94. The van der Waals surface area contributed by atoms with Crippen molar-refractivity contribution >= 4 is 17.5 Å². The molecule has 4 rings (SSSR count). The fourth-order valence-corrected chi connectivity index (χ4v) is 3.60. The largest absolute Gasteiger partial charge is 0.340 e. The van der Waals surface area contributed by atoms with Gasteiger partial charge in [-0.3, -0.25) is 4.79 Å². The van der Waals surface area contributed by atoms with Crippen molar-refractivity contribution in [1.82, 2.24) is 20.1 Å². The SMILES string of the molecule is Cc1nc(C(=O)NC2(c3ccccc3)CCC2)nn1-c1ccccc1Cl. The Morgan fingerprint density at radius 1 is 1.12 bits per heavy atom. The van der Waals surface area contributed by atoms with Gasteiger partial charge in [0.2, 0.25) is 5.82 Å². The minimum Gasteiger partial charge on any atom is -0.340 e. The van der Waals surface area contributed by atoms with Gasteiger partial charge in [-0.25, -0.2) is 9.67 Å². The highest BCUT2D eigenvalue weighted by molar-refractivity contribution is 6.32. The molecule has 1 N–H and O–H groups in total. The molecule has 0 spiro atoms. The predicted molar refractivity (Wildman–Crippen MR) is 101 cm³/mol. The molecule has 1 aliphatic carbocycles. The van der Waals surface area contributed by atoms with E-state index in [0.29, 0.717) is 16.5 Å². The minimum absolute atomic E-state index is 0.157. The number of benzene rings is 2. The van der Waals surface area contributed by atoms with Crippen LogP contribution in [0.4, 0.5) is 0 Å². The second kappa shape index (κ2) is 6.57. The highest BCUT2D eigenvalue weighted by Crippen LogP contribution is 2.41. The van der Waals surface area contributed by atoms with Gasteiger partial charge in [-0.05, 0) is 43.9 Å². The maximum atomic E-state index is 12.8. The number of aromatic nitrogens is 3. The Balaban J connectivity index is 1.62. The molecule has 6 heteroatoms. The minimum atomic E-state index is -0.317. The summed E-state index contributed by atoms with van der Waals surface area (Å²) < 4.78 is 1.60. The molecule has 1 fully saturated rings. The van der Waals surface area contributed by atoms with Gasteiger partial charge in [-0.2, -0.15) is 0 Å². The van der Waals surface area contributed by atoms with Crippen LogP contribution in [0.25, 0.3) is 5.69 Å². The summed E-state index contributed by atoms with van der Waals surface area (Å²) in [4.78, 5) is 17.2. The zero-order valence-electron chi connectivity index (χ0n) is 14.4. The number of nitrogens with zero attached hydrogens (tertiary/aromatic N) is 3. The van der Waals surface area contributed by atoms with Crippen LogP contribution in [0.5, 0.6) is 0 Å². The Bertz CT molecular complexity index is 947. The molecule has 0 atom stereocenters. The number of rotatable bonds is 4. The molecule has 1 saturated carbocycles. The van der Waals surface area contributed by atoms with Gasteiger partial charge in [0.1, 0.15) is 5.82 Å². The Kier molecular flexibility index (Phi) is 4.24. The molecule has 132 valence electrons. The second-order valence-electron chi connectivity index (χ2n) is 6.60. The smallest absolute Gasteiger partial charge is 0.291 e. The van der Waals surface area contributed by atoms with Crippen LogP contribution in [0.2, 0.25) is 5.02 Å². The molecule has 3 aromatic rings. The van der Waals surface area contributed by atoms with Gasteiger partial charge in [-0.15, -0.1) is 5.10 Å². The van der Waals surface area contributed by atoms with Crippen LogP contribution in [0, 0.1) is 6.92 Å². The number of amides is 1. The number of nitrogens with one attached hydrogen (secondary N) is 1. The van der Waals surface area contributed by atoms with Crippen LogP contribution in [0.1, 0.15) is 41.3 Å². The highest BCUT2D eigenvalue weighted by Gasteiger charge is 2.40. The summed E-state index contributed by atoms with van der Waals surface area (Å²) in [5.74, 6) is 0.512. The van der Waals surface area contributed by atoms with Crippen molar-refractivity contribution in [2.75, 3.05) is 0 Å². The first kappa shape index (κ1) is 16.8. The summed E-state index contributed by atoms with van der Waals surface area (Å²) >= 11 is 6.25. The zero-order valence-corrected chi connectivity index (χ0v) is 15.2. The third-order valence-corrected chi connectivity index (χ3v) is 5.26. The fourth-order valence-electron chi connectivity index (χ4n) is 3.38. The average molecular weight is 367 g/mol. The molecule has 0 saturated heterocycles. The van der Waals surface area contributed by atoms with Crippen LogP contribution < -0.4 is 5.32 Å². The zero-order chi connectivity index (χ0) is 18.1. The summed E-state index contributed by atoms with van der Waals surface area (Å²) in [5.41, 5.74) is 1.52. The third kappa shape index (κ3) is 2.88. The van der Waals surface area contributed by atoms with E-state index in [1.165, 1.54) is 0 Å². The maximum absolute atomic E-state index is 12.8. The Morgan fingerprint density at radius 2 is 1.81 bits per heavy atom. The van der Waals surface area contributed by atoms with Crippen LogP contribution >= 0.6 is 11.6 Å². The topological polar surface area (TPSA) is 59.8 Å². The van der Waals surface area contributed by atoms with E-state index >= 15 is 0 Å². The molecule has 1 amide bonds. The number of hydrogen-bond acceptors (Lipinski definition) is 3. The molecule has 5 nitrogen and oxygen atoms in total. The van der Waals surface area contributed by atoms with Crippen molar-refractivity contribution in [3.05, 3.63) is 76.8 Å².